The van der Waals surface area contributed by atoms with E-state index in [1.807, 2.05) is 18.7 Å². The largest absolute Gasteiger partial charge is 0.505 e. The first kappa shape index (κ1) is 29.0. The zero-order valence-corrected chi connectivity index (χ0v) is 24.3. The number of halogens is 4. The Morgan fingerprint density at radius 3 is 2.70 bits per heavy atom. The van der Waals surface area contributed by atoms with Crippen LogP contribution in [0.15, 0.2) is 23.1 Å². The molecule has 0 saturated carbocycles. The molecule has 0 bridgehead atoms. The van der Waals surface area contributed by atoms with Gasteiger partial charge in [-0.1, -0.05) is 18.5 Å². The first-order valence-corrected chi connectivity index (χ1v) is 14.1. The maximum atomic E-state index is 15.2. The fourth-order valence-corrected chi connectivity index (χ4v) is 5.89. The van der Waals surface area contributed by atoms with Crippen molar-refractivity contribution < 1.29 is 27.8 Å². The molecule has 6 rings (SSSR count). The topological polar surface area (TPSA) is 115 Å². The average Bonchev–Trinajstić information content (AvgIpc) is 3.52. The lowest BCUT2D eigenvalue weighted by atomic mass is 10.0. The highest BCUT2D eigenvalue weighted by molar-refractivity contribution is 6.33. The van der Waals surface area contributed by atoms with Crippen LogP contribution < -0.4 is 15.8 Å². The summed E-state index contributed by atoms with van der Waals surface area (Å²) in [5, 5.41) is 12.1. The number of phenols is 1. The Morgan fingerprint density at radius 2 is 1.95 bits per heavy atom. The molecule has 1 saturated heterocycles. The number of carbonyl (C=O) groups is 1. The third-order valence-corrected chi connectivity index (χ3v) is 8.26. The summed E-state index contributed by atoms with van der Waals surface area (Å²) < 4.78 is 52.8. The molecule has 0 spiro atoms. The number of rotatable bonds is 5. The van der Waals surface area contributed by atoms with E-state index in [2.05, 4.69) is 15.3 Å². The van der Waals surface area contributed by atoms with Gasteiger partial charge >= 0.3 is 0 Å². The molecule has 0 aliphatic carbocycles. The van der Waals surface area contributed by atoms with Crippen LogP contribution >= 0.6 is 11.6 Å². The monoisotopic (exact) mass is 616 g/mol. The van der Waals surface area contributed by atoms with E-state index in [-0.39, 0.29) is 56.2 Å². The van der Waals surface area contributed by atoms with Gasteiger partial charge in [0.2, 0.25) is 17.7 Å². The summed E-state index contributed by atoms with van der Waals surface area (Å²) in [7, 11) is 0. The number of amides is 1. The lowest BCUT2D eigenvalue weighted by molar-refractivity contribution is -0.116. The Bertz CT molecular complexity index is 1860. The lowest BCUT2D eigenvalue weighted by Crippen LogP contribution is -2.44. The summed E-state index contributed by atoms with van der Waals surface area (Å²) in [6.45, 7) is 6.59. The van der Waals surface area contributed by atoms with Gasteiger partial charge in [0.05, 0.1) is 30.3 Å². The quantitative estimate of drug-likeness (QED) is 0.320. The van der Waals surface area contributed by atoms with Crippen molar-refractivity contribution in [2.24, 2.45) is 5.92 Å². The van der Waals surface area contributed by atoms with E-state index in [1.165, 1.54) is 34.4 Å². The minimum atomic E-state index is -1.45. The number of benzene rings is 1. The smallest absolute Gasteiger partial charge is 0.263 e. The molecule has 2 aliphatic rings. The van der Waals surface area contributed by atoms with Crippen LogP contribution in [0, 0.1) is 30.4 Å². The Morgan fingerprint density at radius 1 is 1.19 bits per heavy atom. The maximum Gasteiger partial charge on any atom is 0.263 e. The van der Waals surface area contributed by atoms with Crippen molar-refractivity contribution >= 4 is 40.0 Å². The molecule has 1 aromatic carbocycles. The molecule has 2 N–H and O–H groups in total. The fraction of sp³-hybridized carbons (Fsp3) is 0.379. The second kappa shape index (κ2) is 10.9. The first-order chi connectivity index (χ1) is 20.4. The van der Waals surface area contributed by atoms with Gasteiger partial charge in [-0.15, -0.1) is 0 Å². The number of aromatic nitrogens is 4. The number of fused-ring (bicyclic) bond motifs is 2. The SMILES string of the molecule is Cc1cc(-c2cn(CC(=O)Nc3cc(N4CCOC[C@@H]4C)nc(F)c3Cl)c3nc4n(c(=O)c23)CC(C)C4)c(F)c(F)c1O. The van der Waals surface area contributed by atoms with Crippen molar-refractivity contribution in [2.75, 3.05) is 30.0 Å². The maximum absolute atomic E-state index is 15.2. The van der Waals surface area contributed by atoms with E-state index >= 15 is 4.39 Å². The summed E-state index contributed by atoms with van der Waals surface area (Å²) in [6.07, 6.45) is 1.87. The molecule has 14 heteroatoms. The highest BCUT2D eigenvalue weighted by Crippen LogP contribution is 2.36. The molecule has 5 heterocycles. The second-order valence-corrected chi connectivity index (χ2v) is 11.5. The Labute approximate surface area is 248 Å². The zero-order valence-electron chi connectivity index (χ0n) is 23.5. The van der Waals surface area contributed by atoms with Crippen LogP contribution in [0.2, 0.25) is 5.02 Å². The van der Waals surface area contributed by atoms with Crippen LogP contribution in [0.3, 0.4) is 0 Å². The van der Waals surface area contributed by atoms with E-state index in [0.29, 0.717) is 38.5 Å². The number of nitrogens with zero attached hydrogens (tertiary/aromatic N) is 5. The van der Waals surface area contributed by atoms with Crippen LogP contribution in [-0.2, 0) is 29.0 Å². The summed E-state index contributed by atoms with van der Waals surface area (Å²) in [6, 6.07) is 2.62. The molecule has 2 atom stereocenters. The molecule has 226 valence electrons. The summed E-state index contributed by atoms with van der Waals surface area (Å²) in [5.41, 5.74) is -0.523. The van der Waals surface area contributed by atoms with E-state index < -0.39 is 41.3 Å². The van der Waals surface area contributed by atoms with Crippen molar-refractivity contribution in [1.82, 2.24) is 19.1 Å². The highest BCUT2D eigenvalue weighted by atomic mass is 35.5. The number of hydrogen-bond donors (Lipinski definition) is 2. The Hall–Kier alpha value is -4.10. The van der Waals surface area contributed by atoms with Gasteiger partial charge in [-0.05, 0) is 31.4 Å². The van der Waals surface area contributed by atoms with Crippen LogP contribution in [0.4, 0.5) is 24.7 Å². The van der Waals surface area contributed by atoms with Crippen molar-refractivity contribution in [1.29, 1.82) is 0 Å². The van der Waals surface area contributed by atoms with Crippen LogP contribution in [-0.4, -0.2) is 55.9 Å². The molecule has 1 fully saturated rings. The molecule has 43 heavy (non-hydrogen) atoms. The average molecular weight is 617 g/mol. The number of nitrogens with one attached hydrogen (secondary N) is 1. The van der Waals surface area contributed by atoms with Crippen LogP contribution in [0.1, 0.15) is 25.2 Å². The van der Waals surface area contributed by atoms with Crippen molar-refractivity contribution in [2.45, 2.75) is 46.3 Å². The van der Waals surface area contributed by atoms with Crippen molar-refractivity contribution in [3.63, 3.8) is 0 Å². The van der Waals surface area contributed by atoms with E-state index in [0.717, 1.165) is 0 Å². The molecule has 10 nitrogen and oxygen atoms in total. The number of hydrogen-bond acceptors (Lipinski definition) is 7. The van der Waals surface area contributed by atoms with Gasteiger partial charge in [-0.25, -0.2) is 14.4 Å². The number of pyridine rings is 1. The molecule has 0 radical (unpaired) electrons. The Kier molecular flexibility index (Phi) is 7.33. The van der Waals surface area contributed by atoms with E-state index in [1.54, 1.807) is 0 Å². The van der Waals surface area contributed by atoms with Crippen molar-refractivity contribution in [3.05, 3.63) is 62.7 Å². The summed E-state index contributed by atoms with van der Waals surface area (Å²) in [5.74, 6) is -4.30. The minimum Gasteiger partial charge on any atom is -0.505 e. The standard InChI is InChI=1S/C29H28ClF3N6O4/c1-13-6-19-36-28-22(29(42)39(19)9-13)17(16-7-14(2)26(41)25(32)24(16)31)10-37(28)11-21(40)34-18-8-20(35-27(33)23(18)30)38-4-5-43-12-15(38)3/h7-8,10,13,15,41H,4-6,9,11-12H2,1-3H3,(H,34,35,40)/t13?,15-/m0/s1. The van der Waals surface area contributed by atoms with Gasteiger partial charge in [0.1, 0.15) is 28.9 Å². The molecular weight excluding hydrogens is 589 g/mol. The first-order valence-electron chi connectivity index (χ1n) is 13.7. The van der Waals surface area contributed by atoms with Gasteiger partial charge in [0, 0.05) is 42.9 Å². The third kappa shape index (κ3) is 4.99. The molecule has 3 aromatic heterocycles. The number of ether oxygens (including phenoxy) is 1. The highest BCUT2D eigenvalue weighted by Gasteiger charge is 2.29. The molecule has 1 amide bonds. The predicted octanol–water partition coefficient (Wildman–Crippen LogP) is 4.40. The van der Waals surface area contributed by atoms with E-state index in [9.17, 15) is 23.5 Å². The minimum absolute atomic E-state index is 0.00503. The fourth-order valence-electron chi connectivity index (χ4n) is 5.74. The van der Waals surface area contributed by atoms with Crippen LogP contribution in [0.5, 0.6) is 5.75 Å². The molecule has 4 aromatic rings. The number of aromatic hydroxyl groups is 1. The van der Waals surface area contributed by atoms with Gasteiger partial charge < -0.3 is 24.6 Å². The van der Waals surface area contributed by atoms with Gasteiger partial charge in [-0.3, -0.25) is 14.2 Å². The van der Waals surface area contributed by atoms with Gasteiger partial charge in [0.15, 0.2) is 11.6 Å². The molecule has 2 aliphatic heterocycles. The summed E-state index contributed by atoms with van der Waals surface area (Å²) >= 11 is 6.17. The molecular formula is C29H28ClF3N6O4. The molecule has 1 unspecified atom stereocenters. The number of phenolic OH excluding ortho intramolecular Hbond substituents is 1. The lowest BCUT2D eigenvalue weighted by Gasteiger charge is -2.34. The van der Waals surface area contributed by atoms with Gasteiger partial charge in [0.25, 0.3) is 5.56 Å². The zero-order chi connectivity index (χ0) is 30.7. The number of morpholine rings is 1. The predicted molar refractivity (Wildman–Crippen MR) is 154 cm³/mol. The van der Waals surface area contributed by atoms with Gasteiger partial charge in [-0.2, -0.15) is 8.78 Å². The van der Waals surface area contributed by atoms with Crippen LogP contribution in [0.25, 0.3) is 22.2 Å². The number of carbonyl (C=O) groups excluding carboxylic acids is 1. The van der Waals surface area contributed by atoms with Crippen molar-refractivity contribution in [3.8, 4) is 16.9 Å². The number of aryl methyl sites for hydroxylation is 1. The Balaban J connectivity index is 1.41. The number of anilines is 2. The third-order valence-electron chi connectivity index (χ3n) is 7.90. The second-order valence-electron chi connectivity index (χ2n) is 11.1. The normalized spacial score (nSPS) is 18.3. The van der Waals surface area contributed by atoms with E-state index in [4.69, 9.17) is 16.3 Å². The summed E-state index contributed by atoms with van der Waals surface area (Å²) in [4.78, 5) is 37.4.